The van der Waals surface area contributed by atoms with Crippen molar-refractivity contribution in [1.82, 2.24) is 14.4 Å². The van der Waals surface area contributed by atoms with Gasteiger partial charge in [-0.15, -0.1) is 0 Å². The van der Waals surface area contributed by atoms with Gasteiger partial charge in [0.15, 0.2) is 0 Å². The number of nitrogens with zero attached hydrogens (tertiary/aromatic N) is 3. The summed E-state index contributed by atoms with van der Waals surface area (Å²) in [6, 6.07) is 15.2. The third kappa shape index (κ3) is 6.15. The fraction of sp³-hybridized carbons (Fsp3) is 0.407. The molecule has 0 radical (unpaired) electrons. The quantitative estimate of drug-likeness (QED) is 0.486. The summed E-state index contributed by atoms with van der Waals surface area (Å²) in [5.74, 6) is 0.439. The number of carbonyl (C=O) groups excluding carboxylic acids is 2. The monoisotopic (exact) mass is 449 g/mol. The zero-order valence-electron chi connectivity index (χ0n) is 20.5. The molecule has 0 unspecified atom stereocenters. The van der Waals surface area contributed by atoms with Crippen molar-refractivity contribution in [3.63, 3.8) is 0 Å². The van der Waals surface area contributed by atoms with E-state index in [0.717, 1.165) is 5.69 Å². The van der Waals surface area contributed by atoms with E-state index in [4.69, 9.17) is 4.42 Å². The van der Waals surface area contributed by atoms with E-state index in [1.54, 1.807) is 16.1 Å². The Morgan fingerprint density at radius 2 is 1.70 bits per heavy atom. The molecule has 0 N–H and O–H groups in total. The van der Waals surface area contributed by atoms with E-state index in [1.165, 1.54) is 5.56 Å². The minimum Gasteiger partial charge on any atom is -0.467 e. The molecule has 0 aliphatic rings. The Hall–Kier alpha value is -3.28. The molecule has 0 spiro atoms. The summed E-state index contributed by atoms with van der Waals surface area (Å²) < 4.78 is 7.48. The van der Waals surface area contributed by atoms with E-state index in [1.807, 2.05) is 80.2 Å². The van der Waals surface area contributed by atoms with E-state index >= 15 is 0 Å². The average Bonchev–Trinajstić information content (AvgIpc) is 3.42. The van der Waals surface area contributed by atoms with Gasteiger partial charge in [-0.1, -0.05) is 32.9 Å². The fourth-order valence-electron chi connectivity index (χ4n) is 3.69. The molecule has 3 aromatic rings. The Morgan fingerprint density at radius 1 is 1.00 bits per heavy atom. The van der Waals surface area contributed by atoms with Crippen LogP contribution in [0.5, 0.6) is 0 Å². The number of carbonyl (C=O) groups is 2. The molecule has 33 heavy (non-hydrogen) atoms. The predicted molar refractivity (Wildman–Crippen MR) is 130 cm³/mol. The topological polar surface area (TPSA) is 58.7 Å². The number of rotatable bonds is 8. The van der Waals surface area contributed by atoms with Gasteiger partial charge in [-0.25, -0.2) is 0 Å². The summed E-state index contributed by atoms with van der Waals surface area (Å²) in [5, 5.41) is 0. The van der Waals surface area contributed by atoms with Crippen LogP contribution in [0.15, 0.2) is 65.4 Å². The molecule has 6 heteroatoms. The molecule has 0 aliphatic heterocycles. The van der Waals surface area contributed by atoms with Crippen LogP contribution in [0.4, 0.5) is 0 Å². The van der Waals surface area contributed by atoms with Crippen molar-refractivity contribution in [3.05, 3.63) is 83.6 Å². The second-order valence-corrected chi connectivity index (χ2v) is 9.79. The van der Waals surface area contributed by atoms with Crippen LogP contribution in [0, 0.1) is 0 Å². The number of hydrogen-bond donors (Lipinski definition) is 0. The van der Waals surface area contributed by atoms with Crippen LogP contribution in [0.25, 0.3) is 0 Å². The number of benzene rings is 1. The lowest BCUT2D eigenvalue weighted by Crippen LogP contribution is -2.45. The van der Waals surface area contributed by atoms with E-state index < -0.39 is 0 Å². The fourth-order valence-corrected chi connectivity index (χ4v) is 3.69. The van der Waals surface area contributed by atoms with Gasteiger partial charge in [-0.05, 0) is 61.2 Å². The van der Waals surface area contributed by atoms with Crippen molar-refractivity contribution >= 4 is 11.8 Å². The Balaban J connectivity index is 1.79. The highest BCUT2D eigenvalue weighted by molar-refractivity contribution is 5.96. The first kappa shape index (κ1) is 24.4. The normalized spacial score (nSPS) is 11.6. The van der Waals surface area contributed by atoms with Gasteiger partial charge < -0.3 is 18.8 Å². The first-order chi connectivity index (χ1) is 15.6. The molecule has 2 amide bonds. The Bertz CT molecular complexity index is 1060. The van der Waals surface area contributed by atoms with Crippen LogP contribution >= 0.6 is 0 Å². The van der Waals surface area contributed by atoms with Gasteiger partial charge in [0.25, 0.3) is 5.91 Å². The zero-order chi connectivity index (χ0) is 24.2. The standard InChI is InChI=1S/C27H35N3O3/c1-20(2)30(26(32)21-11-13-22(14-12-21)27(3,4)5)19-25(31)29(18-24-10-8-16-33-24)17-23-9-7-15-28(23)6/h7-16,20H,17-19H2,1-6H3. The summed E-state index contributed by atoms with van der Waals surface area (Å²) in [6.07, 6.45) is 3.56. The largest absolute Gasteiger partial charge is 0.467 e. The predicted octanol–water partition coefficient (Wildman–Crippen LogP) is 5.00. The van der Waals surface area contributed by atoms with Gasteiger partial charge in [0, 0.05) is 30.5 Å². The molecule has 0 saturated carbocycles. The summed E-state index contributed by atoms with van der Waals surface area (Å²) in [5.41, 5.74) is 2.77. The van der Waals surface area contributed by atoms with Crippen molar-refractivity contribution in [2.45, 2.75) is 59.2 Å². The molecule has 0 bridgehead atoms. The van der Waals surface area contributed by atoms with Crippen LogP contribution in [-0.2, 0) is 30.3 Å². The third-order valence-electron chi connectivity index (χ3n) is 5.87. The lowest BCUT2D eigenvalue weighted by Gasteiger charge is -2.30. The first-order valence-electron chi connectivity index (χ1n) is 11.4. The smallest absolute Gasteiger partial charge is 0.254 e. The van der Waals surface area contributed by atoms with Gasteiger partial charge >= 0.3 is 0 Å². The molecular formula is C27H35N3O3. The maximum absolute atomic E-state index is 13.4. The van der Waals surface area contributed by atoms with Crippen molar-refractivity contribution in [1.29, 1.82) is 0 Å². The summed E-state index contributed by atoms with van der Waals surface area (Å²) in [6.45, 7) is 11.1. The third-order valence-corrected chi connectivity index (χ3v) is 5.87. The molecule has 0 aliphatic carbocycles. The van der Waals surface area contributed by atoms with Gasteiger partial charge in [-0.3, -0.25) is 9.59 Å². The molecule has 2 aromatic heterocycles. The van der Waals surface area contributed by atoms with Gasteiger partial charge in [0.1, 0.15) is 12.3 Å². The molecule has 0 fully saturated rings. The second-order valence-electron chi connectivity index (χ2n) is 9.79. The SMILES string of the molecule is CC(C)N(CC(=O)N(Cc1ccco1)Cc1cccn1C)C(=O)c1ccc(C(C)(C)C)cc1. The van der Waals surface area contributed by atoms with Crippen LogP contribution in [-0.4, -0.2) is 38.8 Å². The summed E-state index contributed by atoms with van der Waals surface area (Å²) >= 11 is 0. The minimum atomic E-state index is -0.143. The van der Waals surface area contributed by atoms with Crippen LogP contribution < -0.4 is 0 Å². The number of aryl methyl sites for hydroxylation is 1. The van der Waals surface area contributed by atoms with E-state index in [0.29, 0.717) is 24.4 Å². The molecule has 1 aromatic carbocycles. The average molecular weight is 450 g/mol. The van der Waals surface area contributed by atoms with E-state index in [-0.39, 0.29) is 29.8 Å². The highest BCUT2D eigenvalue weighted by atomic mass is 16.3. The van der Waals surface area contributed by atoms with E-state index in [9.17, 15) is 9.59 Å². The Morgan fingerprint density at radius 3 is 2.21 bits per heavy atom. The summed E-state index contributed by atoms with van der Waals surface area (Å²) in [7, 11) is 1.95. The Kier molecular flexibility index (Phi) is 7.46. The number of hydrogen-bond acceptors (Lipinski definition) is 3. The van der Waals surface area contributed by atoms with Crippen molar-refractivity contribution in [2.24, 2.45) is 7.05 Å². The van der Waals surface area contributed by atoms with Gasteiger partial charge in [-0.2, -0.15) is 0 Å². The molecule has 6 nitrogen and oxygen atoms in total. The van der Waals surface area contributed by atoms with Crippen molar-refractivity contribution in [3.8, 4) is 0 Å². The molecule has 0 saturated heterocycles. The zero-order valence-corrected chi connectivity index (χ0v) is 20.5. The molecule has 176 valence electrons. The van der Waals surface area contributed by atoms with Crippen LogP contribution in [0.3, 0.4) is 0 Å². The first-order valence-corrected chi connectivity index (χ1v) is 11.4. The molecule has 0 atom stereocenters. The van der Waals surface area contributed by atoms with Gasteiger partial charge in [0.2, 0.25) is 5.91 Å². The minimum absolute atomic E-state index is 0.00263. The highest BCUT2D eigenvalue weighted by Gasteiger charge is 2.26. The molecule has 3 rings (SSSR count). The second kappa shape index (κ2) is 10.1. The van der Waals surface area contributed by atoms with Crippen molar-refractivity contribution in [2.75, 3.05) is 6.54 Å². The maximum atomic E-state index is 13.4. The lowest BCUT2D eigenvalue weighted by molar-refractivity contribution is -0.133. The van der Waals surface area contributed by atoms with Gasteiger partial charge in [0.05, 0.1) is 19.4 Å². The van der Waals surface area contributed by atoms with Crippen LogP contribution in [0.1, 0.15) is 62.0 Å². The highest BCUT2D eigenvalue weighted by Crippen LogP contribution is 2.23. The Labute approximate surface area is 196 Å². The number of furan rings is 1. The van der Waals surface area contributed by atoms with Crippen molar-refractivity contribution < 1.29 is 14.0 Å². The van der Waals surface area contributed by atoms with E-state index in [2.05, 4.69) is 20.8 Å². The molecule has 2 heterocycles. The molecular weight excluding hydrogens is 414 g/mol. The summed E-state index contributed by atoms with van der Waals surface area (Å²) in [4.78, 5) is 30.1. The number of aromatic nitrogens is 1. The number of amides is 2. The maximum Gasteiger partial charge on any atom is 0.254 e. The van der Waals surface area contributed by atoms with Crippen LogP contribution in [0.2, 0.25) is 0 Å². The lowest BCUT2D eigenvalue weighted by atomic mass is 9.86.